The van der Waals surface area contributed by atoms with Crippen LogP contribution in [0.25, 0.3) is 0 Å². The quantitative estimate of drug-likeness (QED) is 0.891. The van der Waals surface area contributed by atoms with Crippen LogP contribution in [-0.2, 0) is 21.3 Å². The van der Waals surface area contributed by atoms with Gasteiger partial charge in [-0.1, -0.05) is 29.8 Å². The summed E-state index contributed by atoms with van der Waals surface area (Å²) in [5.41, 5.74) is 2.69. The molecule has 0 fully saturated rings. The minimum atomic E-state index is -1.30. The molecule has 0 aromatic heterocycles. The van der Waals surface area contributed by atoms with E-state index in [1.165, 1.54) is 0 Å². The van der Waals surface area contributed by atoms with Crippen molar-refractivity contribution in [2.75, 3.05) is 18.5 Å². The van der Waals surface area contributed by atoms with E-state index in [1.807, 2.05) is 31.2 Å². The Morgan fingerprint density at radius 1 is 1.16 bits per heavy atom. The van der Waals surface area contributed by atoms with Crippen LogP contribution in [0.15, 0.2) is 42.5 Å². The highest BCUT2D eigenvalue weighted by molar-refractivity contribution is 7.85. The second-order valence-corrected chi connectivity index (χ2v) is 7.76. The Bertz CT molecular complexity index is 806. The second-order valence-electron chi connectivity index (χ2n) is 6.00. The highest BCUT2D eigenvalue weighted by Gasteiger charge is 2.21. The van der Waals surface area contributed by atoms with Gasteiger partial charge in [-0.15, -0.1) is 0 Å². The summed E-state index contributed by atoms with van der Waals surface area (Å²) >= 11 is 0. The van der Waals surface area contributed by atoms with Crippen LogP contribution < -0.4 is 14.8 Å². The van der Waals surface area contributed by atoms with Crippen molar-refractivity contribution in [2.24, 2.45) is 0 Å². The molecule has 2 aromatic carbocycles. The molecular formula is C19H21NO4S. The molecule has 0 unspecified atom stereocenters. The van der Waals surface area contributed by atoms with Gasteiger partial charge in [-0.3, -0.25) is 9.00 Å². The Labute approximate surface area is 149 Å². The molecule has 6 heteroatoms. The number of nitrogens with one attached hydrogen (secondary N) is 1. The van der Waals surface area contributed by atoms with Crippen LogP contribution in [0.4, 0.5) is 5.69 Å². The highest BCUT2D eigenvalue weighted by Crippen LogP contribution is 2.32. The van der Waals surface area contributed by atoms with Crippen LogP contribution in [0.5, 0.6) is 11.5 Å². The summed E-state index contributed by atoms with van der Waals surface area (Å²) in [6, 6.07) is 13.1. The van der Waals surface area contributed by atoms with Gasteiger partial charge in [-0.05, 0) is 31.5 Å². The lowest BCUT2D eigenvalue weighted by molar-refractivity contribution is -0.115. The van der Waals surface area contributed by atoms with E-state index in [9.17, 15) is 9.00 Å². The Morgan fingerprint density at radius 3 is 2.68 bits per heavy atom. The summed E-state index contributed by atoms with van der Waals surface area (Å²) in [5.74, 6) is 1.36. The lowest BCUT2D eigenvalue weighted by Crippen LogP contribution is -2.29. The maximum Gasteiger partial charge on any atom is 0.239 e. The van der Waals surface area contributed by atoms with Crippen molar-refractivity contribution in [2.45, 2.75) is 24.9 Å². The van der Waals surface area contributed by atoms with E-state index in [1.54, 1.807) is 25.1 Å². The fourth-order valence-corrected chi connectivity index (χ4v) is 3.63. The third-order valence-corrected chi connectivity index (χ3v) is 5.59. The molecule has 0 radical (unpaired) electrons. The highest BCUT2D eigenvalue weighted by atomic mass is 32.2. The Hall–Kier alpha value is -2.34. The van der Waals surface area contributed by atoms with Crippen LogP contribution in [0.2, 0.25) is 0 Å². The van der Waals surface area contributed by atoms with E-state index in [2.05, 4.69) is 5.32 Å². The maximum atomic E-state index is 12.5. The van der Waals surface area contributed by atoms with Crippen LogP contribution in [0, 0.1) is 6.92 Å². The van der Waals surface area contributed by atoms with Crippen molar-refractivity contribution in [3.8, 4) is 11.5 Å². The Kier molecular flexibility index (Phi) is 5.38. The number of rotatable bonds is 5. The van der Waals surface area contributed by atoms with E-state index >= 15 is 0 Å². The van der Waals surface area contributed by atoms with Crippen molar-refractivity contribution in [1.82, 2.24) is 0 Å². The second kappa shape index (κ2) is 7.70. The SMILES string of the molecule is Cc1cccc(C[S@](=O)[C@@H](C)C(=O)Nc2ccc3c(c2)OCCO3)c1. The van der Waals surface area contributed by atoms with Crippen LogP contribution in [-0.4, -0.2) is 28.6 Å². The number of carbonyl (C=O) groups is 1. The number of amides is 1. The standard InChI is InChI=1S/C19H21NO4S/c1-13-4-3-5-15(10-13)12-25(22)14(2)19(21)20-16-6-7-17-18(11-16)24-9-8-23-17/h3-7,10-11,14H,8-9,12H2,1-2H3,(H,20,21)/t14-,25-/m0/s1. The molecule has 0 bridgehead atoms. The van der Waals surface area contributed by atoms with E-state index in [0.29, 0.717) is 36.2 Å². The van der Waals surface area contributed by atoms with Gasteiger partial charge in [-0.25, -0.2) is 0 Å². The molecule has 0 aliphatic carbocycles. The van der Waals surface area contributed by atoms with Crippen molar-refractivity contribution in [3.63, 3.8) is 0 Å². The molecule has 1 aliphatic rings. The number of anilines is 1. The number of hydrogen-bond acceptors (Lipinski definition) is 4. The van der Waals surface area contributed by atoms with Crippen molar-refractivity contribution >= 4 is 22.4 Å². The van der Waals surface area contributed by atoms with Crippen LogP contribution >= 0.6 is 0 Å². The molecule has 0 saturated carbocycles. The molecule has 5 nitrogen and oxygen atoms in total. The molecule has 1 aliphatic heterocycles. The zero-order chi connectivity index (χ0) is 17.8. The third kappa shape index (κ3) is 4.39. The van der Waals surface area contributed by atoms with Gasteiger partial charge in [-0.2, -0.15) is 0 Å². The van der Waals surface area contributed by atoms with Crippen LogP contribution in [0.1, 0.15) is 18.1 Å². The molecular weight excluding hydrogens is 338 g/mol. The predicted molar refractivity (Wildman–Crippen MR) is 98.5 cm³/mol. The van der Waals surface area contributed by atoms with Gasteiger partial charge in [0.1, 0.15) is 18.5 Å². The van der Waals surface area contributed by atoms with Gasteiger partial charge >= 0.3 is 0 Å². The summed E-state index contributed by atoms with van der Waals surface area (Å²) in [6.07, 6.45) is 0. The van der Waals surface area contributed by atoms with E-state index in [4.69, 9.17) is 9.47 Å². The van der Waals surface area contributed by atoms with Gasteiger partial charge in [0.05, 0.1) is 0 Å². The van der Waals surface area contributed by atoms with Gasteiger partial charge in [0.15, 0.2) is 11.5 Å². The number of benzene rings is 2. The molecule has 132 valence electrons. The fourth-order valence-electron chi connectivity index (χ4n) is 2.58. The van der Waals surface area contributed by atoms with E-state index in [0.717, 1.165) is 11.1 Å². The van der Waals surface area contributed by atoms with Gasteiger partial charge in [0, 0.05) is 28.3 Å². The van der Waals surface area contributed by atoms with E-state index < -0.39 is 16.0 Å². The maximum absolute atomic E-state index is 12.5. The predicted octanol–water partition coefficient (Wildman–Crippen LogP) is 3.04. The summed E-state index contributed by atoms with van der Waals surface area (Å²) in [5, 5.41) is 2.19. The van der Waals surface area contributed by atoms with Crippen LogP contribution in [0.3, 0.4) is 0 Å². The largest absolute Gasteiger partial charge is 0.486 e. The third-order valence-electron chi connectivity index (χ3n) is 3.96. The fraction of sp³-hybridized carbons (Fsp3) is 0.316. The van der Waals surface area contributed by atoms with Crippen molar-refractivity contribution < 1.29 is 18.5 Å². The molecule has 1 amide bonds. The first kappa shape index (κ1) is 17.5. The Morgan fingerprint density at radius 2 is 1.92 bits per heavy atom. The number of fused-ring (bicyclic) bond motifs is 1. The first-order chi connectivity index (χ1) is 12.0. The average Bonchev–Trinajstić information content (AvgIpc) is 2.61. The van der Waals surface area contributed by atoms with Gasteiger partial charge in [0.25, 0.3) is 0 Å². The molecule has 0 saturated heterocycles. The molecule has 2 aromatic rings. The summed E-state index contributed by atoms with van der Waals surface area (Å²) in [6.45, 7) is 4.68. The minimum Gasteiger partial charge on any atom is -0.486 e. The minimum absolute atomic E-state index is 0.275. The Balaban J connectivity index is 1.63. The molecule has 0 spiro atoms. The smallest absolute Gasteiger partial charge is 0.239 e. The van der Waals surface area contributed by atoms with Crippen molar-refractivity contribution in [1.29, 1.82) is 0 Å². The summed E-state index contributed by atoms with van der Waals surface area (Å²) < 4.78 is 23.5. The number of ether oxygens (including phenoxy) is 2. The number of aryl methyl sites for hydroxylation is 1. The molecule has 25 heavy (non-hydrogen) atoms. The summed E-state index contributed by atoms with van der Waals surface area (Å²) in [7, 11) is -1.30. The van der Waals surface area contributed by atoms with Crippen molar-refractivity contribution in [3.05, 3.63) is 53.6 Å². The topological polar surface area (TPSA) is 64.6 Å². The number of carbonyl (C=O) groups excluding carboxylic acids is 1. The normalized spacial score (nSPS) is 15.3. The zero-order valence-electron chi connectivity index (χ0n) is 14.3. The molecule has 1 N–H and O–H groups in total. The average molecular weight is 359 g/mol. The van der Waals surface area contributed by atoms with E-state index in [-0.39, 0.29) is 5.91 Å². The molecule has 2 atom stereocenters. The zero-order valence-corrected chi connectivity index (χ0v) is 15.1. The lowest BCUT2D eigenvalue weighted by Gasteiger charge is -2.19. The molecule has 1 heterocycles. The summed E-state index contributed by atoms with van der Waals surface area (Å²) in [4.78, 5) is 12.4. The first-order valence-electron chi connectivity index (χ1n) is 8.16. The first-order valence-corrected chi connectivity index (χ1v) is 9.54. The number of hydrogen-bond donors (Lipinski definition) is 1. The lowest BCUT2D eigenvalue weighted by atomic mass is 10.2. The monoisotopic (exact) mass is 359 g/mol. The van der Waals surface area contributed by atoms with Gasteiger partial charge in [0.2, 0.25) is 5.91 Å². The molecule has 3 rings (SSSR count). The van der Waals surface area contributed by atoms with Gasteiger partial charge < -0.3 is 14.8 Å².